The highest BCUT2D eigenvalue weighted by molar-refractivity contribution is 7.89. The largest absolute Gasteiger partial charge is 0.262 e. The van der Waals surface area contributed by atoms with Crippen molar-refractivity contribution in [1.82, 2.24) is 19.5 Å². The Hall–Kier alpha value is -1.80. The number of sulfonamides is 1. The molecule has 1 aliphatic heterocycles. The number of H-pyrrole nitrogens is 1. The maximum absolute atomic E-state index is 13.1. The summed E-state index contributed by atoms with van der Waals surface area (Å²) < 4.78 is 40.5. The minimum Gasteiger partial charge on any atom is -0.262 e. The van der Waals surface area contributed by atoms with Crippen molar-refractivity contribution in [2.75, 3.05) is 6.54 Å². The molecule has 1 saturated heterocycles. The van der Waals surface area contributed by atoms with E-state index >= 15 is 0 Å². The van der Waals surface area contributed by atoms with Gasteiger partial charge < -0.3 is 0 Å². The molecule has 8 heteroatoms. The van der Waals surface area contributed by atoms with E-state index in [4.69, 9.17) is 0 Å². The lowest BCUT2D eigenvalue weighted by atomic mass is 10.0. The van der Waals surface area contributed by atoms with Gasteiger partial charge in [-0.05, 0) is 49.9 Å². The number of hydrogen-bond donors (Lipinski definition) is 1. The third kappa shape index (κ3) is 2.84. The van der Waals surface area contributed by atoms with Crippen molar-refractivity contribution in [3.8, 4) is 0 Å². The van der Waals surface area contributed by atoms with Gasteiger partial charge in [0.15, 0.2) is 5.82 Å². The number of halogens is 1. The maximum atomic E-state index is 13.1. The first-order valence-electron chi connectivity index (χ1n) is 8.25. The minimum atomic E-state index is -3.69. The second-order valence-electron chi connectivity index (χ2n) is 6.43. The van der Waals surface area contributed by atoms with Crippen molar-refractivity contribution in [3.63, 3.8) is 0 Å². The zero-order valence-electron chi connectivity index (χ0n) is 13.2. The third-order valence-electron chi connectivity index (χ3n) is 4.65. The molecule has 0 bridgehead atoms. The van der Waals surface area contributed by atoms with E-state index in [1.54, 1.807) is 0 Å². The molecule has 24 heavy (non-hydrogen) atoms. The van der Waals surface area contributed by atoms with Crippen LogP contribution in [0.25, 0.3) is 0 Å². The van der Waals surface area contributed by atoms with Crippen LogP contribution in [0, 0.1) is 5.82 Å². The number of nitrogens with zero attached hydrogens (tertiary/aromatic N) is 3. The van der Waals surface area contributed by atoms with Gasteiger partial charge in [0.2, 0.25) is 10.0 Å². The molecule has 2 aliphatic rings. The molecule has 0 amide bonds. The fourth-order valence-corrected chi connectivity index (χ4v) is 4.83. The molecular formula is C16H19FN4O2S. The van der Waals surface area contributed by atoms with Gasteiger partial charge in [0.05, 0.1) is 10.9 Å². The average molecular weight is 350 g/mol. The van der Waals surface area contributed by atoms with Crippen LogP contribution in [0.2, 0.25) is 0 Å². The van der Waals surface area contributed by atoms with Crippen LogP contribution in [-0.2, 0) is 10.0 Å². The normalized spacial score (nSPS) is 22.6. The average Bonchev–Trinajstić information content (AvgIpc) is 3.32. The fourth-order valence-electron chi connectivity index (χ4n) is 3.17. The molecule has 128 valence electrons. The number of aromatic amines is 1. The molecule has 1 saturated carbocycles. The monoisotopic (exact) mass is 350 g/mol. The Kier molecular flexibility index (Phi) is 3.88. The first kappa shape index (κ1) is 15.7. The summed E-state index contributed by atoms with van der Waals surface area (Å²) in [6.45, 7) is 0.434. The van der Waals surface area contributed by atoms with Crippen molar-refractivity contribution in [2.24, 2.45) is 0 Å². The number of benzene rings is 1. The van der Waals surface area contributed by atoms with Crippen LogP contribution in [0.15, 0.2) is 29.2 Å². The van der Waals surface area contributed by atoms with Crippen molar-refractivity contribution in [1.29, 1.82) is 0 Å². The lowest BCUT2D eigenvalue weighted by Gasteiger charge is -2.33. The highest BCUT2D eigenvalue weighted by atomic mass is 32.2. The first-order chi connectivity index (χ1) is 11.6. The van der Waals surface area contributed by atoms with Crippen molar-refractivity contribution in [2.45, 2.75) is 49.0 Å². The lowest BCUT2D eigenvalue weighted by Crippen LogP contribution is -2.39. The summed E-state index contributed by atoms with van der Waals surface area (Å²) in [5.74, 6) is 1.37. The van der Waals surface area contributed by atoms with Gasteiger partial charge in [-0.25, -0.2) is 17.8 Å². The zero-order chi connectivity index (χ0) is 16.7. The smallest absolute Gasteiger partial charge is 0.243 e. The van der Waals surface area contributed by atoms with Crippen LogP contribution in [0.4, 0.5) is 4.39 Å². The Balaban J connectivity index is 1.66. The summed E-state index contributed by atoms with van der Waals surface area (Å²) in [5, 5.41) is 7.18. The summed E-state index contributed by atoms with van der Waals surface area (Å²) >= 11 is 0. The van der Waals surface area contributed by atoms with Gasteiger partial charge in [0.25, 0.3) is 0 Å². The van der Waals surface area contributed by atoms with Crippen LogP contribution in [0.1, 0.15) is 55.7 Å². The molecule has 4 rings (SSSR count). The maximum Gasteiger partial charge on any atom is 0.243 e. The van der Waals surface area contributed by atoms with Gasteiger partial charge in [-0.15, -0.1) is 0 Å². The minimum absolute atomic E-state index is 0.109. The number of aromatic nitrogens is 3. The summed E-state index contributed by atoms with van der Waals surface area (Å²) in [4.78, 5) is 4.64. The molecule has 2 heterocycles. The highest BCUT2D eigenvalue weighted by Gasteiger charge is 2.37. The molecule has 1 aromatic heterocycles. The Morgan fingerprint density at radius 2 is 1.88 bits per heavy atom. The molecule has 1 atom stereocenters. The summed E-state index contributed by atoms with van der Waals surface area (Å²) in [6.07, 6.45) is 4.65. The van der Waals surface area contributed by atoms with Crippen LogP contribution in [-0.4, -0.2) is 34.4 Å². The van der Waals surface area contributed by atoms with Crippen LogP contribution < -0.4 is 0 Å². The van der Waals surface area contributed by atoms with Gasteiger partial charge in [0.1, 0.15) is 11.6 Å². The predicted molar refractivity (Wildman–Crippen MR) is 85.2 cm³/mol. The third-order valence-corrected chi connectivity index (χ3v) is 6.57. The molecule has 2 fully saturated rings. The Labute approximate surface area is 140 Å². The van der Waals surface area contributed by atoms with E-state index in [1.807, 2.05) is 0 Å². The Morgan fingerprint density at radius 3 is 2.58 bits per heavy atom. The van der Waals surface area contributed by atoms with Gasteiger partial charge in [-0.1, -0.05) is 6.42 Å². The second kappa shape index (κ2) is 5.93. The molecule has 1 unspecified atom stereocenters. The number of hydrogen-bond acceptors (Lipinski definition) is 4. The molecule has 2 aromatic rings. The number of nitrogens with one attached hydrogen (secondary N) is 1. The molecule has 0 radical (unpaired) electrons. The Bertz CT molecular complexity index is 830. The van der Waals surface area contributed by atoms with Gasteiger partial charge in [-0.3, -0.25) is 5.10 Å². The number of piperidine rings is 1. The summed E-state index contributed by atoms with van der Waals surface area (Å²) in [6, 6.07) is 4.63. The standard InChI is InChI=1S/C16H19FN4O2S/c17-12-6-8-13(9-7-12)24(22,23)21-10-2-1-3-14(21)16-18-15(19-20-16)11-4-5-11/h6-9,11,14H,1-5,10H2,(H,18,19,20). The Morgan fingerprint density at radius 1 is 1.12 bits per heavy atom. The number of rotatable bonds is 4. The molecular weight excluding hydrogens is 331 g/mol. The quantitative estimate of drug-likeness (QED) is 0.919. The molecule has 1 N–H and O–H groups in total. The predicted octanol–water partition coefficient (Wildman–Crippen LogP) is 2.74. The highest BCUT2D eigenvalue weighted by Crippen LogP contribution is 2.39. The van der Waals surface area contributed by atoms with Gasteiger partial charge in [-0.2, -0.15) is 9.40 Å². The molecule has 6 nitrogen and oxygen atoms in total. The van der Waals surface area contributed by atoms with Crippen molar-refractivity contribution in [3.05, 3.63) is 41.7 Å². The van der Waals surface area contributed by atoms with E-state index in [2.05, 4.69) is 15.2 Å². The fraction of sp³-hybridized carbons (Fsp3) is 0.500. The van der Waals surface area contributed by atoms with Crippen molar-refractivity contribution >= 4 is 10.0 Å². The summed E-state index contributed by atoms with van der Waals surface area (Å²) in [7, 11) is -3.69. The van der Waals surface area contributed by atoms with Gasteiger partial charge in [0, 0.05) is 12.5 Å². The van der Waals surface area contributed by atoms with Crippen LogP contribution in [0.5, 0.6) is 0 Å². The first-order valence-corrected chi connectivity index (χ1v) is 9.69. The van der Waals surface area contributed by atoms with Gasteiger partial charge >= 0.3 is 0 Å². The van der Waals surface area contributed by atoms with E-state index in [1.165, 1.54) is 28.6 Å². The molecule has 1 aliphatic carbocycles. The SMILES string of the molecule is O=S(=O)(c1ccc(F)cc1)N1CCCCC1c1nc(C2CC2)n[nH]1. The lowest BCUT2D eigenvalue weighted by molar-refractivity contribution is 0.247. The van der Waals surface area contributed by atoms with E-state index in [-0.39, 0.29) is 10.9 Å². The van der Waals surface area contributed by atoms with E-state index in [9.17, 15) is 12.8 Å². The van der Waals surface area contributed by atoms with E-state index < -0.39 is 15.8 Å². The van der Waals surface area contributed by atoms with E-state index in [0.29, 0.717) is 24.7 Å². The topological polar surface area (TPSA) is 79.0 Å². The van der Waals surface area contributed by atoms with Crippen LogP contribution >= 0.6 is 0 Å². The van der Waals surface area contributed by atoms with Crippen molar-refractivity contribution < 1.29 is 12.8 Å². The molecule has 1 aromatic carbocycles. The van der Waals surface area contributed by atoms with E-state index in [0.717, 1.165) is 31.5 Å². The summed E-state index contributed by atoms with van der Waals surface area (Å²) in [5.41, 5.74) is 0. The molecule has 0 spiro atoms. The zero-order valence-corrected chi connectivity index (χ0v) is 14.0. The van der Waals surface area contributed by atoms with Crippen LogP contribution in [0.3, 0.4) is 0 Å². The second-order valence-corrected chi connectivity index (χ2v) is 8.32.